The van der Waals surface area contributed by atoms with Crippen molar-refractivity contribution in [2.75, 3.05) is 33.4 Å². The Morgan fingerprint density at radius 1 is 1.26 bits per heavy atom. The van der Waals surface area contributed by atoms with E-state index in [0.29, 0.717) is 24.7 Å². The van der Waals surface area contributed by atoms with Gasteiger partial charge in [-0.1, -0.05) is 7.43 Å². The fourth-order valence-corrected chi connectivity index (χ4v) is 3.23. The maximum absolute atomic E-state index is 5.57. The summed E-state index contributed by atoms with van der Waals surface area (Å²) in [6.45, 7) is 10.5. The molecule has 0 unspecified atom stereocenters. The summed E-state index contributed by atoms with van der Waals surface area (Å²) in [6.07, 6.45) is 4.36. The van der Waals surface area contributed by atoms with Crippen molar-refractivity contribution in [3.8, 4) is 11.5 Å². The van der Waals surface area contributed by atoms with Crippen LogP contribution in [0.3, 0.4) is 0 Å². The number of aromatic nitrogens is 1. The van der Waals surface area contributed by atoms with E-state index < -0.39 is 0 Å². The molecule has 1 aliphatic carbocycles. The van der Waals surface area contributed by atoms with Gasteiger partial charge in [-0.3, -0.25) is 4.98 Å². The Bertz CT molecular complexity index is 583. The fourth-order valence-electron chi connectivity index (χ4n) is 3.23. The van der Waals surface area contributed by atoms with E-state index in [4.69, 9.17) is 14.2 Å². The Morgan fingerprint density at radius 3 is 2.37 bits per heavy atom. The highest BCUT2D eigenvalue weighted by Crippen LogP contribution is 2.44. The van der Waals surface area contributed by atoms with Gasteiger partial charge in [-0.2, -0.15) is 0 Å². The molecule has 7 nitrogen and oxygen atoms in total. The van der Waals surface area contributed by atoms with Crippen molar-refractivity contribution in [1.82, 2.24) is 15.6 Å². The van der Waals surface area contributed by atoms with E-state index in [1.54, 1.807) is 13.3 Å². The summed E-state index contributed by atoms with van der Waals surface area (Å²) in [7, 11) is 1.71. The van der Waals surface area contributed by atoms with E-state index in [1.807, 2.05) is 26.8 Å². The topological polar surface area (TPSA) is 96.1 Å². The van der Waals surface area contributed by atoms with E-state index in [-0.39, 0.29) is 19.9 Å². The summed E-state index contributed by atoms with van der Waals surface area (Å²) in [5.41, 5.74) is 1.69. The second kappa shape index (κ2) is 9.68. The van der Waals surface area contributed by atoms with Gasteiger partial charge in [0.25, 0.3) is 0 Å². The molecule has 0 amide bonds. The fraction of sp³-hybridized carbons (Fsp3) is 0.750. The van der Waals surface area contributed by atoms with Crippen LogP contribution in [0.1, 0.15) is 48.2 Å². The highest BCUT2D eigenvalue weighted by molar-refractivity contribution is 5.39. The first-order chi connectivity index (χ1) is 11.9. The molecular formula is C20H39N3O4. The van der Waals surface area contributed by atoms with Crippen LogP contribution >= 0.6 is 0 Å². The molecule has 2 aliphatic heterocycles. The van der Waals surface area contributed by atoms with Crippen LogP contribution in [0.4, 0.5) is 0 Å². The smallest absolute Gasteiger partial charge is 0.179 e. The molecule has 0 radical (unpaired) electrons. The number of ether oxygens (including phenoxy) is 3. The van der Waals surface area contributed by atoms with Gasteiger partial charge in [-0.05, 0) is 39.0 Å². The number of rotatable bonds is 3. The van der Waals surface area contributed by atoms with Gasteiger partial charge in [0.05, 0.1) is 17.5 Å². The second-order valence-corrected chi connectivity index (χ2v) is 8.23. The summed E-state index contributed by atoms with van der Waals surface area (Å²) in [4.78, 5) is 4.41. The van der Waals surface area contributed by atoms with Gasteiger partial charge in [0.15, 0.2) is 11.5 Å². The highest BCUT2D eigenvalue weighted by atomic mass is 16.6. The van der Waals surface area contributed by atoms with Crippen LogP contribution in [-0.2, 0) is 11.3 Å². The summed E-state index contributed by atoms with van der Waals surface area (Å²) >= 11 is 0. The molecule has 3 heterocycles. The van der Waals surface area contributed by atoms with Crippen LogP contribution in [0, 0.1) is 5.41 Å². The van der Waals surface area contributed by atoms with E-state index >= 15 is 0 Å². The molecular weight excluding hydrogens is 346 g/mol. The third-order valence-electron chi connectivity index (χ3n) is 5.03. The average molecular weight is 386 g/mol. The van der Waals surface area contributed by atoms with Gasteiger partial charge in [0.1, 0.15) is 13.2 Å². The number of hydrogen-bond donors (Lipinski definition) is 2. The van der Waals surface area contributed by atoms with E-state index in [0.717, 1.165) is 23.7 Å². The normalized spacial score (nSPS) is 19.4. The standard InChI is InChI=1S/C14H19N3O2.C5H12O.CH4.H2O.H2/c1-2-19-13-7-17-10(3-12(13)18-1)6-16-11-4-14(5-11)8-15-9-14;1-5(2,3)6-4;;;/h3,7,11,15-16H,1-2,4-6,8-9H2;1-4H3;1H4;1H2;1H. The van der Waals surface area contributed by atoms with Crippen molar-refractivity contribution >= 4 is 0 Å². The van der Waals surface area contributed by atoms with Gasteiger partial charge >= 0.3 is 0 Å². The van der Waals surface area contributed by atoms with Crippen molar-refractivity contribution in [2.24, 2.45) is 5.41 Å². The molecule has 1 aromatic rings. The third kappa shape index (κ3) is 6.31. The van der Waals surface area contributed by atoms with E-state index in [1.165, 1.54) is 25.9 Å². The lowest BCUT2D eigenvalue weighted by atomic mass is 9.62. The summed E-state index contributed by atoms with van der Waals surface area (Å²) in [5.74, 6) is 1.59. The quantitative estimate of drug-likeness (QED) is 0.828. The first kappa shape index (κ1) is 23.6. The number of methoxy groups -OCH3 is 1. The zero-order chi connectivity index (χ0) is 17.9. The first-order valence-corrected chi connectivity index (χ1v) is 9.13. The Labute approximate surface area is 165 Å². The third-order valence-corrected chi connectivity index (χ3v) is 5.03. The lowest BCUT2D eigenvalue weighted by Crippen LogP contribution is -2.64. The average Bonchev–Trinajstić information content (AvgIpc) is 2.52. The number of fused-ring (bicyclic) bond motifs is 1. The van der Waals surface area contributed by atoms with Crippen LogP contribution in [0.25, 0.3) is 0 Å². The van der Waals surface area contributed by atoms with Crippen LogP contribution in [-0.4, -0.2) is 55.5 Å². The van der Waals surface area contributed by atoms with Crippen molar-refractivity contribution in [3.05, 3.63) is 18.0 Å². The Balaban J connectivity index is 0.000000721. The first-order valence-electron chi connectivity index (χ1n) is 9.13. The van der Waals surface area contributed by atoms with E-state index in [2.05, 4.69) is 15.6 Å². The van der Waals surface area contributed by atoms with Gasteiger partial charge in [-0.25, -0.2) is 0 Å². The monoisotopic (exact) mass is 385 g/mol. The molecule has 158 valence electrons. The predicted octanol–water partition coefficient (Wildman–Crippen LogP) is 2.18. The zero-order valence-electron chi connectivity index (χ0n) is 16.4. The van der Waals surface area contributed by atoms with E-state index in [9.17, 15) is 0 Å². The van der Waals surface area contributed by atoms with Crippen LogP contribution in [0.5, 0.6) is 11.5 Å². The van der Waals surface area contributed by atoms with Gasteiger partial charge in [0.2, 0.25) is 0 Å². The van der Waals surface area contributed by atoms with Crippen molar-refractivity contribution in [2.45, 2.75) is 59.2 Å². The van der Waals surface area contributed by atoms with Gasteiger partial charge < -0.3 is 30.3 Å². The number of hydrogen-bond acceptors (Lipinski definition) is 6. The zero-order valence-corrected chi connectivity index (χ0v) is 16.4. The van der Waals surface area contributed by atoms with Gasteiger partial charge in [0, 0.05) is 40.3 Å². The lowest BCUT2D eigenvalue weighted by molar-refractivity contribution is 0.0228. The van der Waals surface area contributed by atoms with Crippen molar-refractivity contribution < 1.29 is 21.1 Å². The maximum Gasteiger partial charge on any atom is 0.179 e. The highest BCUT2D eigenvalue weighted by Gasteiger charge is 2.47. The van der Waals surface area contributed by atoms with Crippen molar-refractivity contribution in [3.63, 3.8) is 0 Å². The Kier molecular flexibility index (Phi) is 8.48. The van der Waals surface area contributed by atoms with Crippen LogP contribution in [0.2, 0.25) is 0 Å². The van der Waals surface area contributed by atoms with Crippen LogP contribution < -0.4 is 20.1 Å². The predicted molar refractivity (Wildman–Crippen MR) is 110 cm³/mol. The molecule has 0 bridgehead atoms. The van der Waals surface area contributed by atoms with Crippen LogP contribution in [0.15, 0.2) is 12.3 Å². The number of nitrogens with one attached hydrogen (secondary N) is 2. The molecule has 0 atom stereocenters. The Hall–Kier alpha value is -1.41. The molecule has 1 saturated heterocycles. The largest absolute Gasteiger partial charge is 0.486 e. The second-order valence-electron chi connectivity index (χ2n) is 8.23. The minimum Gasteiger partial charge on any atom is -0.486 e. The van der Waals surface area contributed by atoms with Crippen molar-refractivity contribution in [1.29, 1.82) is 0 Å². The molecule has 4 rings (SSSR count). The molecule has 1 spiro atoms. The molecule has 1 aromatic heterocycles. The molecule has 3 aliphatic rings. The maximum atomic E-state index is 5.57. The number of pyridine rings is 1. The lowest BCUT2D eigenvalue weighted by Gasteiger charge is -2.54. The SMILES string of the molecule is C.COC(C)(C)C.O.[HH].c1nc(CNC2CC3(CNC3)C2)cc2c1OCCO2. The van der Waals surface area contributed by atoms with Gasteiger partial charge in [-0.15, -0.1) is 0 Å². The molecule has 2 fully saturated rings. The summed E-state index contributed by atoms with van der Waals surface area (Å²) in [6, 6.07) is 2.64. The minimum atomic E-state index is 0. The molecule has 0 aromatic carbocycles. The molecule has 4 N–H and O–H groups in total. The molecule has 7 heteroatoms. The Morgan fingerprint density at radius 2 is 1.85 bits per heavy atom. The molecule has 27 heavy (non-hydrogen) atoms. The minimum absolute atomic E-state index is 0. The number of nitrogens with zero attached hydrogens (tertiary/aromatic N) is 1. The summed E-state index contributed by atoms with van der Waals surface area (Å²) in [5, 5.41) is 6.94. The molecule has 1 saturated carbocycles. The summed E-state index contributed by atoms with van der Waals surface area (Å²) < 4.78 is 16.0.